The molecule has 0 N–H and O–H groups in total. The van der Waals surface area contributed by atoms with Gasteiger partial charge in [0.2, 0.25) is 0 Å². The van der Waals surface area contributed by atoms with Crippen LogP contribution in [0.5, 0.6) is 0 Å². The van der Waals surface area contributed by atoms with E-state index >= 15 is 0 Å². The Morgan fingerprint density at radius 3 is 2.00 bits per heavy atom. The summed E-state index contributed by atoms with van der Waals surface area (Å²) in [5, 5.41) is 0. The van der Waals surface area contributed by atoms with Gasteiger partial charge in [0.05, 0.1) is 0 Å². The van der Waals surface area contributed by atoms with Crippen LogP contribution in [0.2, 0.25) is 0 Å². The molecule has 0 aromatic carbocycles. The third-order valence-electron chi connectivity index (χ3n) is 0.0816. The molecule has 0 amide bonds. The van der Waals surface area contributed by atoms with E-state index in [1.54, 1.807) is 0 Å². The summed E-state index contributed by atoms with van der Waals surface area (Å²) in [6.45, 7) is 0. The van der Waals surface area contributed by atoms with Crippen LogP contribution in [-0.2, 0) is 0 Å². The molecule has 0 aliphatic heterocycles. The van der Waals surface area contributed by atoms with E-state index in [0.29, 0.717) is 0 Å². The second-order valence-electron chi connectivity index (χ2n) is 0.257. The molecule has 3 heteroatoms. The van der Waals surface area contributed by atoms with Gasteiger partial charge in [-0.15, -0.1) is 0 Å². The van der Waals surface area contributed by atoms with Crippen molar-refractivity contribution in [3.8, 4) is 0 Å². The van der Waals surface area contributed by atoms with Crippen molar-refractivity contribution in [3.63, 3.8) is 0 Å². The van der Waals surface area contributed by atoms with Gasteiger partial charge in [-0.05, 0) is 0 Å². The van der Waals surface area contributed by atoms with Gasteiger partial charge < -0.3 is 0 Å². The van der Waals surface area contributed by atoms with Crippen molar-refractivity contribution in [3.05, 3.63) is 0 Å². The summed E-state index contributed by atoms with van der Waals surface area (Å²) in [4.78, 5) is 0. The average Bonchev–Trinajstić information content (AvgIpc) is 1.37. The molecule has 0 rings (SSSR count). The molecule has 0 aromatic rings. The monoisotopic (exact) mass is 87.0 g/mol. The van der Waals surface area contributed by atoms with Gasteiger partial charge in [-0.3, -0.25) is 0 Å². The molecule has 4 heavy (non-hydrogen) atoms. The van der Waals surface area contributed by atoms with E-state index in [0.717, 1.165) is 15.7 Å². The molecule has 0 fully saturated rings. The number of hydrogen-bond donors (Lipinski definition) is 0. The third kappa shape index (κ3) is 2.53. The van der Waals surface area contributed by atoms with Crippen molar-refractivity contribution in [2.75, 3.05) is 0 Å². The quantitative estimate of drug-likeness (QED) is 0.334. The number of rotatable bonds is 1. The van der Waals surface area contributed by atoms with E-state index in [-0.39, 0.29) is 0 Å². The van der Waals surface area contributed by atoms with Gasteiger partial charge in [-0.1, -0.05) is 0 Å². The van der Waals surface area contributed by atoms with Gasteiger partial charge >= 0.3 is 29.1 Å². The first-order valence-electron chi connectivity index (χ1n) is 0.774. The van der Waals surface area contributed by atoms with Gasteiger partial charge in [-0.25, -0.2) is 0 Å². The standard InChI is InChI=1S/CH2BP2/c1-3-4-2/h1H2. The minimum absolute atomic E-state index is 0.860. The maximum absolute atomic E-state index is 4.93. The summed E-state index contributed by atoms with van der Waals surface area (Å²) >= 11 is 0. The van der Waals surface area contributed by atoms with Crippen molar-refractivity contribution in [2.24, 2.45) is 0 Å². The van der Waals surface area contributed by atoms with Crippen LogP contribution in [0, 0.1) is 0 Å². The molecule has 0 saturated carbocycles. The zero-order valence-corrected chi connectivity index (χ0v) is 3.97. The van der Waals surface area contributed by atoms with Crippen LogP contribution >= 0.6 is 15.7 Å². The molecule has 0 nitrogen and oxygen atoms in total. The topological polar surface area (TPSA) is 0 Å². The fourth-order valence-electron chi connectivity index (χ4n) is 0. The van der Waals surface area contributed by atoms with E-state index in [1.165, 1.54) is 0 Å². The van der Waals surface area contributed by atoms with Crippen molar-refractivity contribution < 1.29 is 0 Å². The Kier molecular flexibility index (Phi) is 4.01. The van der Waals surface area contributed by atoms with Crippen LogP contribution in [0.1, 0.15) is 0 Å². The van der Waals surface area contributed by atoms with Gasteiger partial charge in [0.15, 0.2) is 0 Å². The molecule has 1 radical (unpaired) electrons. The summed E-state index contributed by atoms with van der Waals surface area (Å²) in [6.07, 6.45) is 3.44. The molecule has 0 spiro atoms. The van der Waals surface area contributed by atoms with Crippen molar-refractivity contribution in [1.29, 1.82) is 0 Å². The zero-order valence-electron chi connectivity index (χ0n) is 2.18. The molecule has 0 aliphatic rings. The van der Waals surface area contributed by atoms with Crippen LogP contribution < -0.4 is 0 Å². The SMILES string of the molecule is [B]=PP=C. The van der Waals surface area contributed by atoms with Gasteiger partial charge in [0, 0.05) is 0 Å². The normalized spacial score (nSPS) is 8.75. The van der Waals surface area contributed by atoms with Crippen molar-refractivity contribution in [2.45, 2.75) is 0 Å². The molecular weight excluding hydrogens is 84.8 g/mol. The Morgan fingerprint density at radius 1 is 1.75 bits per heavy atom. The molecule has 0 saturated heterocycles. The average molecular weight is 86.8 g/mol. The Labute approximate surface area is 30.1 Å². The molecule has 19 valence electrons. The molecule has 0 atom stereocenters. The van der Waals surface area contributed by atoms with Gasteiger partial charge in [0.1, 0.15) is 0 Å². The fourth-order valence-corrected chi connectivity index (χ4v) is 0. The van der Waals surface area contributed by atoms with E-state index in [1.807, 2.05) is 0 Å². The van der Waals surface area contributed by atoms with Crippen molar-refractivity contribution >= 4 is 29.1 Å². The first-order chi connectivity index (χ1) is 1.91. The van der Waals surface area contributed by atoms with E-state index in [9.17, 15) is 0 Å². The first-order valence-corrected chi connectivity index (χ1v) is 3.52. The van der Waals surface area contributed by atoms with Crippen LogP contribution in [0.15, 0.2) is 0 Å². The second kappa shape index (κ2) is 3.53. The van der Waals surface area contributed by atoms with Crippen LogP contribution in [0.3, 0.4) is 0 Å². The first kappa shape index (κ1) is 4.53. The third-order valence-corrected chi connectivity index (χ3v) is 0.735. The zero-order chi connectivity index (χ0) is 3.41. The summed E-state index contributed by atoms with van der Waals surface area (Å²) in [5.74, 6) is 0. The molecule has 0 aromatic heterocycles. The fraction of sp³-hybridized carbons (Fsp3) is 0. The Balaban J connectivity index is 2.73. The summed E-state index contributed by atoms with van der Waals surface area (Å²) < 4.78 is 0. The van der Waals surface area contributed by atoms with Gasteiger partial charge in [0.25, 0.3) is 0 Å². The molecule has 0 heterocycles. The number of hydrogen-bond acceptors (Lipinski definition) is 0. The Morgan fingerprint density at radius 2 is 2.00 bits per heavy atom. The minimum atomic E-state index is 0.860. The summed E-state index contributed by atoms with van der Waals surface area (Å²) in [6, 6.07) is 0. The maximum atomic E-state index is 4.93. The molecule has 0 aliphatic carbocycles. The van der Waals surface area contributed by atoms with Crippen LogP contribution in [0.4, 0.5) is 0 Å². The van der Waals surface area contributed by atoms with E-state index in [4.69, 9.17) is 7.18 Å². The van der Waals surface area contributed by atoms with Crippen LogP contribution in [-0.4, -0.2) is 13.5 Å². The summed E-state index contributed by atoms with van der Waals surface area (Å²) in [5.41, 5.74) is 0. The van der Waals surface area contributed by atoms with E-state index in [2.05, 4.69) is 6.30 Å². The summed E-state index contributed by atoms with van der Waals surface area (Å²) in [7, 11) is 6.78. The second-order valence-corrected chi connectivity index (χ2v) is 2.31. The van der Waals surface area contributed by atoms with Crippen LogP contribution in [0.25, 0.3) is 0 Å². The predicted octanol–water partition coefficient (Wildman–Crippen LogP) is 1.31. The molecule has 0 bridgehead atoms. The molecule has 0 unspecified atom stereocenters. The Hall–Kier alpha value is 0.535. The van der Waals surface area contributed by atoms with Gasteiger partial charge in [-0.2, -0.15) is 0 Å². The van der Waals surface area contributed by atoms with E-state index < -0.39 is 0 Å². The van der Waals surface area contributed by atoms with Crippen molar-refractivity contribution in [1.82, 2.24) is 0 Å². The molecular formula is CH2BP2. The predicted molar refractivity (Wildman–Crippen MR) is 26.7 cm³/mol. The Bertz CT molecular complexity index is 27.0.